The Kier molecular flexibility index (Phi) is 7.79. The smallest absolute Gasteiger partial charge is 0.323 e. The summed E-state index contributed by atoms with van der Waals surface area (Å²) in [5, 5.41) is 14.9. The van der Waals surface area contributed by atoms with Crippen LogP contribution in [0.2, 0.25) is 0 Å². The van der Waals surface area contributed by atoms with Gasteiger partial charge < -0.3 is 20.1 Å². The van der Waals surface area contributed by atoms with Crippen molar-refractivity contribution >= 4 is 23.4 Å². The summed E-state index contributed by atoms with van der Waals surface area (Å²) in [6.45, 7) is 3.07. The molecule has 2 aliphatic rings. The number of ether oxygens (including phenoxy) is 1. The van der Waals surface area contributed by atoms with Crippen LogP contribution in [0.25, 0.3) is 5.69 Å². The average molecular weight is 620 g/mol. The molecule has 3 amide bonds. The number of urea groups is 1. The number of amides is 3. The van der Waals surface area contributed by atoms with Crippen LogP contribution < -0.4 is 20.9 Å². The van der Waals surface area contributed by atoms with Crippen LogP contribution in [0.4, 0.5) is 29.5 Å². The molecule has 3 heterocycles. The fourth-order valence-electron chi connectivity index (χ4n) is 6.03. The van der Waals surface area contributed by atoms with Gasteiger partial charge in [-0.25, -0.2) is 22.9 Å². The Bertz CT molecular complexity index is 1850. The average Bonchev–Trinajstić information content (AvgIpc) is 3.46. The molecule has 0 spiro atoms. The Morgan fingerprint density at radius 3 is 2.58 bits per heavy atom. The number of carbonyl (C=O) groups excluding carboxylic acids is 2. The number of rotatable bonds is 6. The maximum Gasteiger partial charge on any atom is 0.323 e. The van der Waals surface area contributed by atoms with Gasteiger partial charge in [-0.1, -0.05) is 6.92 Å². The molecule has 10 nitrogen and oxygen atoms in total. The molecule has 1 aliphatic heterocycles. The summed E-state index contributed by atoms with van der Waals surface area (Å²) in [6.07, 6.45) is 3.65. The van der Waals surface area contributed by atoms with Crippen LogP contribution in [0.3, 0.4) is 0 Å². The van der Waals surface area contributed by atoms with E-state index in [-0.39, 0.29) is 40.6 Å². The van der Waals surface area contributed by atoms with E-state index in [2.05, 4.69) is 22.5 Å². The lowest BCUT2D eigenvalue weighted by molar-refractivity contribution is 0.102. The third kappa shape index (κ3) is 6.11. The van der Waals surface area contributed by atoms with Gasteiger partial charge in [0.05, 0.1) is 11.8 Å². The van der Waals surface area contributed by atoms with Gasteiger partial charge in [-0.05, 0) is 66.6 Å². The summed E-state index contributed by atoms with van der Waals surface area (Å²) in [5.74, 6) is -3.61. The molecule has 0 bridgehead atoms. The zero-order chi connectivity index (χ0) is 31.9. The fourth-order valence-corrected chi connectivity index (χ4v) is 6.03. The van der Waals surface area contributed by atoms with Gasteiger partial charge in [-0.15, -0.1) is 0 Å². The molecule has 1 saturated heterocycles. The molecular formula is C32H28F3N5O5. The van der Waals surface area contributed by atoms with Gasteiger partial charge in [0.2, 0.25) is 0 Å². The Labute approximate surface area is 255 Å². The van der Waals surface area contributed by atoms with E-state index in [1.165, 1.54) is 48.8 Å². The molecule has 2 aromatic carbocycles. The largest absolute Gasteiger partial charge is 0.454 e. The third-order valence-electron chi connectivity index (χ3n) is 8.28. The quantitative estimate of drug-likeness (QED) is 0.268. The first-order valence-electron chi connectivity index (χ1n) is 14.1. The van der Waals surface area contributed by atoms with Crippen molar-refractivity contribution in [3.05, 3.63) is 106 Å². The van der Waals surface area contributed by atoms with Crippen molar-refractivity contribution < 1.29 is 32.6 Å². The van der Waals surface area contributed by atoms with E-state index < -0.39 is 40.4 Å². The Hall–Kier alpha value is -5.17. The molecule has 13 heteroatoms. The highest BCUT2D eigenvalue weighted by molar-refractivity contribution is 6.04. The fraction of sp³-hybridized carbons (Fsp3) is 0.250. The van der Waals surface area contributed by atoms with Gasteiger partial charge in [-0.3, -0.25) is 19.5 Å². The molecule has 0 radical (unpaired) electrons. The van der Waals surface area contributed by atoms with Crippen molar-refractivity contribution in [1.29, 1.82) is 0 Å². The number of halogens is 3. The molecule has 232 valence electrons. The molecule has 3 unspecified atom stereocenters. The van der Waals surface area contributed by atoms with E-state index in [0.717, 1.165) is 28.8 Å². The Morgan fingerprint density at radius 1 is 1.04 bits per heavy atom. The summed E-state index contributed by atoms with van der Waals surface area (Å²) in [6, 6.07) is 11.5. The number of hydrogen-bond donors (Lipinski definition) is 3. The SMILES string of the molecule is CC12CC(O)CC1CN(C(=O)Nc1cc(Oc3cc(F)c(NC(=O)c4cccn(-c5ccc(F)cc5)c4=O)cc3F)ccn1)C2. The lowest BCUT2D eigenvalue weighted by Gasteiger charge is -2.23. The summed E-state index contributed by atoms with van der Waals surface area (Å²) in [7, 11) is 0. The number of fused-ring (bicyclic) bond motifs is 1. The van der Waals surface area contributed by atoms with Crippen LogP contribution in [0.15, 0.2) is 77.9 Å². The summed E-state index contributed by atoms with van der Waals surface area (Å²) in [4.78, 5) is 44.4. The van der Waals surface area contributed by atoms with Crippen molar-refractivity contribution in [3.8, 4) is 17.2 Å². The Morgan fingerprint density at radius 2 is 1.82 bits per heavy atom. The summed E-state index contributed by atoms with van der Waals surface area (Å²) < 4.78 is 49.9. The Balaban J connectivity index is 1.13. The topological polar surface area (TPSA) is 126 Å². The van der Waals surface area contributed by atoms with E-state index in [4.69, 9.17) is 4.74 Å². The number of likely N-dealkylation sites (tertiary alicyclic amines) is 1. The number of aromatic nitrogens is 2. The number of pyridine rings is 2. The molecule has 6 rings (SSSR count). The zero-order valence-electron chi connectivity index (χ0n) is 24.0. The number of aliphatic hydroxyl groups excluding tert-OH is 1. The molecule has 2 aromatic heterocycles. The van der Waals surface area contributed by atoms with Crippen LogP contribution >= 0.6 is 0 Å². The predicted molar refractivity (Wildman–Crippen MR) is 158 cm³/mol. The summed E-state index contributed by atoms with van der Waals surface area (Å²) >= 11 is 0. The predicted octanol–water partition coefficient (Wildman–Crippen LogP) is 5.32. The number of hydrogen-bond acceptors (Lipinski definition) is 6. The van der Waals surface area contributed by atoms with Crippen molar-refractivity contribution in [2.45, 2.75) is 25.9 Å². The molecular weight excluding hydrogens is 591 g/mol. The van der Waals surface area contributed by atoms with E-state index >= 15 is 4.39 Å². The van der Waals surface area contributed by atoms with Crippen molar-refractivity contribution in [1.82, 2.24) is 14.5 Å². The number of aliphatic hydroxyl groups is 1. The maximum absolute atomic E-state index is 15.0. The van der Waals surface area contributed by atoms with Crippen molar-refractivity contribution in [3.63, 3.8) is 0 Å². The van der Waals surface area contributed by atoms with Gasteiger partial charge in [-0.2, -0.15) is 0 Å². The zero-order valence-corrected chi connectivity index (χ0v) is 24.0. The van der Waals surface area contributed by atoms with Crippen molar-refractivity contribution in [2.24, 2.45) is 11.3 Å². The molecule has 3 N–H and O–H groups in total. The lowest BCUT2D eigenvalue weighted by Crippen LogP contribution is -2.35. The summed E-state index contributed by atoms with van der Waals surface area (Å²) in [5.41, 5.74) is -1.46. The first-order valence-corrected chi connectivity index (χ1v) is 14.1. The van der Waals surface area contributed by atoms with Crippen LogP contribution in [0, 0.1) is 28.8 Å². The van der Waals surface area contributed by atoms with Gasteiger partial charge in [0.1, 0.15) is 22.9 Å². The molecule has 1 saturated carbocycles. The van der Waals surface area contributed by atoms with E-state index in [9.17, 15) is 28.3 Å². The molecule has 1 aliphatic carbocycles. The van der Waals surface area contributed by atoms with Gasteiger partial charge in [0.15, 0.2) is 17.4 Å². The molecule has 45 heavy (non-hydrogen) atoms. The minimum absolute atomic E-state index is 0.0643. The number of anilines is 2. The second kappa shape index (κ2) is 11.7. The second-order valence-electron chi connectivity index (χ2n) is 11.5. The molecule has 3 atom stereocenters. The normalized spacial score (nSPS) is 20.5. The second-order valence-corrected chi connectivity index (χ2v) is 11.5. The first-order chi connectivity index (χ1) is 21.5. The molecule has 4 aromatic rings. The number of benzene rings is 2. The van der Waals surface area contributed by atoms with Gasteiger partial charge >= 0.3 is 6.03 Å². The van der Waals surface area contributed by atoms with E-state index in [1.54, 1.807) is 4.90 Å². The first kappa shape index (κ1) is 29.9. The van der Waals surface area contributed by atoms with Crippen LogP contribution in [-0.2, 0) is 0 Å². The van der Waals surface area contributed by atoms with Crippen molar-refractivity contribution in [2.75, 3.05) is 23.7 Å². The minimum Gasteiger partial charge on any atom is -0.454 e. The third-order valence-corrected chi connectivity index (χ3v) is 8.28. The monoisotopic (exact) mass is 619 g/mol. The van der Waals surface area contributed by atoms with Crippen LogP contribution in [0.5, 0.6) is 11.5 Å². The van der Waals surface area contributed by atoms with Gasteiger partial charge in [0, 0.05) is 49.4 Å². The van der Waals surface area contributed by atoms with Crippen LogP contribution in [-0.4, -0.2) is 50.7 Å². The molecule has 2 fully saturated rings. The van der Waals surface area contributed by atoms with Crippen LogP contribution in [0.1, 0.15) is 30.1 Å². The maximum atomic E-state index is 15.0. The minimum atomic E-state index is -1.03. The standard InChI is InChI=1S/C32H28F3N5O5/c1-32-15-21(41)11-18(32)16-39(17-32)31(44)38-28-12-22(8-9-36-28)45-27-14-24(34)26(13-25(27)35)37-29(42)23-3-2-10-40(30(23)43)20-6-4-19(33)5-7-20/h2-10,12-14,18,21,41H,11,15-17H2,1H3,(H,37,42)(H,36,38,44). The van der Waals surface area contributed by atoms with E-state index in [1.807, 2.05) is 0 Å². The highest BCUT2D eigenvalue weighted by Crippen LogP contribution is 2.48. The number of carbonyl (C=O) groups is 2. The number of nitrogens with zero attached hydrogens (tertiary/aromatic N) is 3. The highest BCUT2D eigenvalue weighted by atomic mass is 19.1. The van der Waals surface area contributed by atoms with Gasteiger partial charge in [0.25, 0.3) is 11.5 Å². The number of nitrogens with one attached hydrogen (secondary N) is 2. The highest BCUT2D eigenvalue weighted by Gasteiger charge is 2.50. The lowest BCUT2D eigenvalue weighted by atomic mass is 9.83. The van der Waals surface area contributed by atoms with E-state index in [0.29, 0.717) is 31.6 Å².